The quantitative estimate of drug-likeness (QED) is 0.787. The van der Waals surface area contributed by atoms with Crippen LogP contribution in [0.4, 0.5) is 0 Å². The van der Waals surface area contributed by atoms with Crippen molar-refractivity contribution in [1.82, 2.24) is 4.90 Å². The molecule has 3 nitrogen and oxygen atoms in total. The lowest BCUT2D eigenvalue weighted by Gasteiger charge is -2.17. The number of amides is 1. The molecule has 0 bridgehead atoms. The Balaban J connectivity index is 2.62. The zero-order valence-electron chi connectivity index (χ0n) is 10.2. The summed E-state index contributed by atoms with van der Waals surface area (Å²) < 4.78 is 0. The maximum absolute atomic E-state index is 11.7. The number of hydrogen-bond acceptors (Lipinski definition) is 2. The van der Waals surface area contributed by atoms with Crippen LogP contribution < -0.4 is 5.73 Å². The number of nitrogens with two attached hydrogens (primary N) is 1. The van der Waals surface area contributed by atoms with Crippen molar-refractivity contribution in [2.24, 2.45) is 5.73 Å². The summed E-state index contributed by atoms with van der Waals surface area (Å²) in [7, 11) is 1.73. The molecule has 0 aromatic heterocycles. The van der Waals surface area contributed by atoms with E-state index in [2.05, 4.69) is 38.1 Å². The van der Waals surface area contributed by atoms with Gasteiger partial charge in [0.1, 0.15) is 0 Å². The molecule has 1 unspecified atom stereocenters. The third-order valence-electron chi connectivity index (χ3n) is 2.83. The molecule has 16 heavy (non-hydrogen) atoms. The van der Waals surface area contributed by atoms with Crippen molar-refractivity contribution in [3.05, 3.63) is 35.4 Å². The summed E-state index contributed by atoms with van der Waals surface area (Å²) in [5.41, 5.74) is 7.85. The van der Waals surface area contributed by atoms with E-state index in [0.29, 0.717) is 6.42 Å². The van der Waals surface area contributed by atoms with Crippen molar-refractivity contribution in [2.75, 3.05) is 13.7 Å². The van der Waals surface area contributed by atoms with E-state index >= 15 is 0 Å². The SMILES string of the molecule is Cc1ccc(C(C)CC(=O)N(C)CN)cc1. The number of benzene rings is 1. The van der Waals surface area contributed by atoms with E-state index in [4.69, 9.17) is 5.73 Å². The average Bonchev–Trinajstić information content (AvgIpc) is 2.28. The van der Waals surface area contributed by atoms with E-state index in [-0.39, 0.29) is 18.5 Å². The van der Waals surface area contributed by atoms with Crippen LogP contribution in [0.25, 0.3) is 0 Å². The van der Waals surface area contributed by atoms with Crippen LogP contribution in [0.5, 0.6) is 0 Å². The average molecular weight is 220 g/mol. The molecule has 2 N–H and O–H groups in total. The third kappa shape index (κ3) is 3.35. The summed E-state index contributed by atoms with van der Waals surface area (Å²) in [6, 6.07) is 8.30. The Bertz CT molecular complexity index is 345. The van der Waals surface area contributed by atoms with Gasteiger partial charge in [-0.1, -0.05) is 36.8 Å². The fourth-order valence-corrected chi connectivity index (χ4v) is 1.53. The molecule has 88 valence electrons. The van der Waals surface area contributed by atoms with E-state index in [1.165, 1.54) is 11.1 Å². The smallest absolute Gasteiger partial charge is 0.223 e. The molecule has 1 rings (SSSR count). The van der Waals surface area contributed by atoms with Gasteiger partial charge in [0, 0.05) is 13.5 Å². The fraction of sp³-hybridized carbons (Fsp3) is 0.462. The van der Waals surface area contributed by atoms with Gasteiger partial charge >= 0.3 is 0 Å². The van der Waals surface area contributed by atoms with Gasteiger partial charge in [-0.05, 0) is 18.4 Å². The van der Waals surface area contributed by atoms with Crippen LogP contribution in [-0.2, 0) is 4.79 Å². The zero-order chi connectivity index (χ0) is 12.1. The number of aryl methyl sites for hydroxylation is 1. The van der Waals surface area contributed by atoms with Crippen LogP contribution >= 0.6 is 0 Å². The summed E-state index contributed by atoms with van der Waals surface area (Å²) in [5.74, 6) is 0.331. The van der Waals surface area contributed by atoms with Gasteiger partial charge in [0.05, 0.1) is 6.67 Å². The molecular weight excluding hydrogens is 200 g/mol. The molecule has 1 amide bonds. The van der Waals surface area contributed by atoms with E-state index in [9.17, 15) is 4.79 Å². The van der Waals surface area contributed by atoms with E-state index in [0.717, 1.165) is 0 Å². The standard InChI is InChI=1S/C13H20N2O/c1-10-4-6-12(7-5-10)11(2)8-13(16)15(3)9-14/h4-7,11H,8-9,14H2,1-3H3. The lowest BCUT2D eigenvalue weighted by atomic mass is 9.96. The van der Waals surface area contributed by atoms with Gasteiger partial charge in [-0.2, -0.15) is 0 Å². The molecule has 0 spiro atoms. The Kier molecular flexibility index (Phi) is 4.50. The Morgan fingerprint density at radius 3 is 2.44 bits per heavy atom. The highest BCUT2D eigenvalue weighted by atomic mass is 16.2. The molecule has 1 aromatic carbocycles. The van der Waals surface area contributed by atoms with E-state index < -0.39 is 0 Å². The molecule has 0 radical (unpaired) electrons. The van der Waals surface area contributed by atoms with Crippen LogP contribution in [0.15, 0.2) is 24.3 Å². The Hall–Kier alpha value is -1.35. The second-order valence-electron chi connectivity index (χ2n) is 4.29. The molecule has 0 saturated carbocycles. The van der Waals surface area contributed by atoms with Crippen LogP contribution in [0.1, 0.15) is 30.4 Å². The largest absolute Gasteiger partial charge is 0.333 e. The van der Waals surface area contributed by atoms with Crippen molar-refractivity contribution in [1.29, 1.82) is 0 Å². The Labute approximate surface area is 97.2 Å². The summed E-state index contributed by atoms with van der Waals surface area (Å²) in [4.78, 5) is 13.2. The van der Waals surface area contributed by atoms with E-state index in [1.807, 2.05) is 0 Å². The molecule has 0 aliphatic heterocycles. The molecule has 0 aliphatic carbocycles. The third-order valence-corrected chi connectivity index (χ3v) is 2.83. The molecular formula is C13H20N2O. The number of nitrogens with zero attached hydrogens (tertiary/aromatic N) is 1. The predicted octanol–water partition coefficient (Wildman–Crippen LogP) is 1.86. The van der Waals surface area contributed by atoms with Crippen LogP contribution in [-0.4, -0.2) is 24.5 Å². The molecule has 1 aromatic rings. The topological polar surface area (TPSA) is 46.3 Å². The molecule has 0 fully saturated rings. The molecule has 0 aliphatic rings. The first-order valence-corrected chi connectivity index (χ1v) is 5.55. The lowest BCUT2D eigenvalue weighted by molar-refractivity contribution is -0.130. The van der Waals surface area contributed by atoms with Gasteiger partial charge in [0.25, 0.3) is 0 Å². The number of hydrogen-bond donors (Lipinski definition) is 1. The Morgan fingerprint density at radius 2 is 1.94 bits per heavy atom. The molecule has 3 heteroatoms. The molecule has 0 heterocycles. The minimum Gasteiger partial charge on any atom is -0.333 e. The van der Waals surface area contributed by atoms with Crippen molar-refractivity contribution in [2.45, 2.75) is 26.2 Å². The lowest BCUT2D eigenvalue weighted by Crippen LogP contribution is -2.32. The Morgan fingerprint density at radius 1 is 1.38 bits per heavy atom. The fourth-order valence-electron chi connectivity index (χ4n) is 1.53. The molecule has 1 atom stereocenters. The van der Waals surface area contributed by atoms with Gasteiger partial charge in [0.2, 0.25) is 5.91 Å². The summed E-state index contributed by atoms with van der Waals surface area (Å²) in [5, 5.41) is 0. The molecule has 0 saturated heterocycles. The minimum atomic E-state index is 0.0931. The van der Waals surface area contributed by atoms with Crippen LogP contribution in [0, 0.1) is 6.92 Å². The van der Waals surface area contributed by atoms with Gasteiger partial charge < -0.3 is 10.6 Å². The van der Waals surface area contributed by atoms with Crippen LogP contribution in [0.2, 0.25) is 0 Å². The van der Waals surface area contributed by atoms with Gasteiger partial charge in [-0.15, -0.1) is 0 Å². The van der Waals surface area contributed by atoms with Gasteiger partial charge in [-0.3, -0.25) is 4.79 Å². The summed E-state index contributed by atoms with van der Waals surface area (Å²) in [6.45, 7) is 4.40. The summed E-state index contributed by atoms with van der Waals surface area (Å²) in [6.07, 6.45) is 0.511. The normalized spacial score (nSPS) is 12.2. The second kappa shape index (κ2) is 5.66. The van der Waals surface area contributed by atoms with Crippen LogP contribution in [0.3, 0.4) is 0 Å². The first-order valence-electron chi connectivity index (χ1n) is 5.55. The first kappa shape index (κ1) is 12.7. The number of carbonyl (C=O) groups is 1. The minimum absolute atomic E-state index is 0.0931. The van der Waals surface area contributed by atoms with Gasteiger partial charge in [0.15, 0.2) is 0 Å². The van der Waals surface area contributed by atoms with Crippen molar-refractivity contribution in [3.8, 4) is 0 Å². The monoisotopic (exact) mass is 220 g/mol. The maximum atomic E-state index is 11.7. The highest BCUT2D eigenvalue weighted by Gasteiger charge is 2.13. The highest BCUT2D eigenvalue weighted by molar-refractivity contribution is 5.76. The van der Waals surface area contributed by atoms with Crippen molar-refractivity contribution >= 4 is 5.91 Å². The van der Waals surface area contributed by atoms with E-state index in [1.54, 1.807) is 11.9 Å². The second-order valence-corrected chi connectivity index (χ2v) is 4.29. The first-order chi connectivity index (χ1) is 7.54. The highest BCUT2D eigenvalue weighted by Crippen LogP contribution is 2.19. The predicted molar refractivity (Wildman–Crippen MR) is 66.0 cm³/mol. The van der Waals surface area contributed by atoms with Gasteiger partial charge in [-0.25, -0.2) is 0 Å². The van der Waals surface area contributed by atoms with Crippen molar-refractivity contribution in [3.63, 3.8) is 0 Å². The number of rotatable bonds is 4. The maximum Gasteiger partial charge on any atom is 0.223 e. The van der Waals surface area contributed by atoms with Crippen molar-refractivity contribution < 1.29 is 4.79 Å². The summed E-state index contributed by atoms with van der Waals surface area (Å²) >= 11 is 0. The zero-order valence-corrected chi connectivity index (χ0v) is 10.2. The number of carbonyl (C=O) groups excluding carboxylic acids is 1.